The highest BCUT2D eigenvalue weighted by Gasteiger charge is 2.50. The molecule has 1 aliphatic heterocycles. The van der Waals surface area contributed by atoms with Gasteiger partial charge in [0.25, 0.3) is 0 Å². The van der Waals surface area contributed by atoms with Crippen molar-refractivity contribution in [3.05, 3.63) is 113 Å². The Morgan fingerprint density at radius 1 is 0.844 bits per heavy atom. The Morgan fingerprint density at radius 2 is 1.38 bits per heavy atom. The van der Waals surface area contributed by atoms with E-state index in [1.165, 1.54) is 12.1 Å². The van der Waals surface area contributed by atoms with Gasteiger partial charge in [0, 0.05) is 23.1 Å². The average Bonchev–Trinajstić information content (AvgIpc) is 3.24. The minimum atomic E-state index is -3.64. The molecule has 0 saturated heterocycles. The molecule has 0 radical (unpaired) electrons. The SMILES string of the molecule is CCOP(=O)(OCC)C1=C(c2ccccc2)OC(c2ccccc2)(c2ccc(F)cc2)C1. The average molecular weight is 452 g/mol. The van der Waals surface area contributed by atoms with Crippen molar-refractivity contribution >= 4 is 13.4 Å². The molecular formula is C26H26FO4P. The molecule has 1 aliphatic rings. The molecular weight excluding hydrogens is 426 g/mol. The molecule has 166 valence electrons. The first kappa shape index (κ1) is 22.5. The lowest BCUT2D eigenvalue weighted by Crippen LogP contribution is -2.27. The monoisotopic (exact) mass is 452 g/mol. The summed E-state index contributed by atoms with van der Waals surface area (Å²) >= 11 is 0. The third-order valence-electron chi connectivity index (χ3n) is 5.47. The zero-order valence-corrected chi connectivity index (χ0v) is 19.1. The predicted molar refractivity (Wildman–Crippen MR) is 124 cm³/mol. The summed E-state index contributed by atoms with van der Waals surface area (Å²) in [5.74, 6) is 0.143. The second kappa shape index (κ2) is 9.41. The quantitative estimate of drug-likeness (QED) is 0.341. The van der Waals surface area contributed by atoms with Gasteiger partial charge in [0.1, 0.15) is 11.6 Å². The van der Waals surface area contributed by atoms with Gasteiger partial charge in [0.2, 0.25) is 0 Å². The first-order valence-corrected chi connectivity index (χ1v) is 12.3. The van der Waals surface area contributed by atoms with E-state index in [2.05, 4.69) is 0 Å². The Hall–Kier alpha value is -2.72. The molecule has 0 fully saturated rings. The number of hydrogen-bond acceptors (Lipinski definition) is 4. The van der Waals surface area contributed by atoms with Crippen molar-refractivity contribution in [2.75, 3.05) is 13.2 Å². The number of benzene rings is 3. The molecule has 1 unspecified atom stereocenters. The molecule has 4 rings (SSSR count). The van der Waals surface area contributed by atoms with E-state index in [-0.39, 0.29) is 25.5 Å². The highest BCUT2D eigenvalue weighted by molar-refractivity contribution is 7.58. The number of rotatable bonds is 8. The first-order chi connectivity index (χ1) is 15.5. The molecule has 0 aromatic heterocycles. The molecule has 0 aliphatic carbocycles. The fourth-order valence-electron chi connectivity index (χ4n) is 4.07. The molecule has 6 heteroatoms. The van der Waals surface area contributed by atoms with Gasteiger partial charge < -0.3 is 13.8 Å². The normalized spacial score (nSPS) is 18.6. The number of ether oxygens (including phenoxy) is 1. The summed E-state index contributed by atoms with van der Waals surface area (Å²) in [4.78, 5) is 0. The maximum Gasteiger partial charge on any atom is 0.361 e. The smallest absolute Gasteiger partial charge is 0.361 e. The van der Waals surface area contributed by atoms with Crippen LogP contribution in [0.5, 0.6) is 0 Å². The van der Waals surface area contributed by atoms with Crippen molar-refractivity contribution < 1.29 is 22.7 Å². The van der Waals surface area contributed by atoms with Crippen LogP contribution in [-0.2, 0) is 24.0 Å². The van der Waals surface area contributed by atoms with Crippen LogP contribution in [0, 0.1) is 5.82 Å². The van der Waals surface area contributed by atoms with Crippen LogP contribution in [0.25, 0.3) is 5.76 Å². The van der Waals surface area contributed by atoms with Gasteiger partial charge in [0.05, 0.1) is 18.5 Å². The highest BCUT2D eigenvalue weighted by atomic mass is 31.2. The lowest BCUT2D eigenvalue weighted by Gasteiger charge is -2.31. The Kier molecular flexibility index (Phi) is 6.61. The van der Waals surface area contributed by atoms with Crippen molar-refractivity contribution in [1.82, 2.24) is 0 Å². The van der Waals surface area contributed by atoms with E-state index in [0.717, 1.165) is 16.7 Å². The van der Waals surface area contributed by atoms with Crippen LogP contribution in [0.4, 0.5) is 4.39 Å². The van der Waals surface area contributed by atoms with E-state index in [0.29, 0.717) is 11.1 Å². The third kappa shape index (κ3) is 4.16. The molecule has 0 amide bonds. The number of halogens is 1. The van der Waals surface area contributed by atoms with E-state index in [1.54, 1.807) is 26.0 Å². The van der Waals surface area contributed by atoms with Gasteiger partial charge in [-0.05, 0) is 26.0 Å². The summed E-state index contributed by atoms with van der Waals surface area (Å²) < 4.78 is 45.9. The predicted octanol–water partition coefficient (Wildman–Crippen LogP) is 7.12. The van der Waals surface area contributed by atoms with Crippen LogP contribution in [0.15, 0.2) is 90.2 Å². The molecule has 32 heavy (non-hydrogen) atoms. The highest BCUT2D eigenvalue weighted by Crippen LogP contribution is 2.66. The molecule has 1 heterocycles. The standard InChI is InChI=1S/C26H26FO4P/c1-3-29-32(28,30-4-2)24-19-26(21-13-9-6-10-14-21,22-15-17-23(27)18-16-22)31-25(24)20-11-7-5-8-12-20/h5-18H,3-4,19H2,1-2H3. The van der Waals surface area contributed by atoms with Crippen LogP contribution >= 0.6 is 7.60 Å². The lowest BCUT2D eigenvalue weighted by atomic mass is 9.84. The number of hydrogen-bond donors (Lipinski definition) is 0. The van der Waals surface area contributed by atoms with E-state index in [9.17, 15) is 8.96 Å². The second-order valence-corrected chi connectivity index (χ2v) is 9.50. The summed E-state index contributed by atoms with van der Waals surface area (Å²) in [5.41, 5.74) is 1.41. The van der Waals surface area contributed by atoms with Crippen molar-refractivity contribution in [1.29, 1.82) is 0 Å². The summed E-state index contributed by atoms with van der Waals surface area (Å²) in [7, 11) is -3.64. The molecule has 4 nitrogen and oxygen atoms in total. The van der Waals surface area contributed by atoms with Crippen LogP contribution in [0.2, 0.25) is 0 Å². The Morgan fingerprint density at radius 3 is 1.94 bits per heavy atom. The van der Waals surface area contributed by atoms with Crippen LogP contribution < -0.4 is 0 Å². The van der Waals surface area contributed by atoms with Gasteiger partial charge in [0.15, 0.2) is 5.60 Å². The van der Waals surface area contributed by atoms with E-state index < -0.39 is 13.2 Å². The summed E-state index contributed by atoms with van der Waals surface area (Å²) in [6.07, 6.45) is 0.254. The maximum absolute atomic E-state index is 14.0. The largest absolute Gasteiger partial charge is 0.476 e. The molecule has 3 aromatic rings. The summed E-state index contributed by atoms with van der Waals surface area (Å²) in [6, 6.07) is 25.5. The topological polar surface area (TPSA) is 44.8 Å². The lowest BCUT2D eigenvalue weighted by molar-refractivity contribution is 0.100. The van der Waals surface area contributed by atoms with Crippen LogP contribution in [-0.4, -0.2) is 13.2 Å². The Bertz CT molecular complexity index is 1120. The third-order valence-corrected chi connectivity index (χ3v) is 7.69. The molecule has 0 bridgehead atoms. The molecule has 1 atom stereocenters. The molecule has 0 spiro atoms. The summed E-state index contributed by atoms with van der Waals surface area (Å²) in [5, 5.41) is 0.487. The van der Waals surface area contributed by atoms with Gasteiger partial charge in [-0.15, -0.1) is 0 Å². The van der Waals surface area contributed by atoms with Crippen molar-refractivity contribution in [2.24, 2.45) is 0 Å². The molecule has 3 aromatic carbocycles. The van der Waals surface area contributed by atoms with Gasteiger partial charge in [-0.2, -0.15) is 0 Å². The van der Waals surface area contributed by atoms with E-state index in [4.69, 9.17) is 13.8 Å². The van der Waals surface area contributed by atoms with Crippen LogP contribution in [0.1, 0.15) is 37.0 Å². The van der Waals surface area contributed by atoms with Gasteiger partial charge in [-0.3, -0.25) is 4.57 Å². The minimum absolute atomic E-state index is 0.234. The fourth-order valence-corrected chi connectivity index (χ4v) is 5.98. The zero-order valence-electron chi connectivity index (χ0n) is 18.2. The molecule has 0 N–H and O–H groups in total. The fraction of sp³-hybridized carbons (Fsp3) is 0.231. The van der Waals surface area contributed by atoms with E-state index in [1.807, 2.05) is 60.7 Å². The Labute approximate surface area is 188 Å². The van der Waals surface area contributed by atoms with Crippen molar-refractivity contribution in [3.8, 4) is 0 Å². The van der Waals surface area contributed by atoms with Crippen molar-refractivity contribution in [3.63, 3.8) is 0 Å². The maximum atomic E-state index is 14.0. The summed E-state index contributed by atoms with van der Waals surface area (Å²) in [6.45, 7) is 4.04. The Balaban J connectivity index is 1.94. The molecule has 0 saturated carbocycles. The van der Waals surface area contributed by atoms with Gasteiger partial charge >= 0.3 is 7.60 Å². The second-order valence-electron chi connectivity index (χ2n) is 7.45. The van der Waals surface area contributed by atoms with Gasteiger partial charge in [-0.25, -0.2) is 4.39 Å². The van der Waals surface area contributed by atoms with Crippen molar-refractivity contribution in [2.45, 2.75) is 25.9 Å². The first-order valence-electron chi connectivity index (χ1n) is 10.7. The van der Waals surface area contributed by atoms with E-state index >= 15 is 0 Å². The van der Waals surface area contributed by atoms with Gasteiger partial charge in [-0.1, -0.05) is 72.8 Å². The minimum Gasteiger partial charge on any atom is -0.476 e. The van der Waals surface area contributed by atoms with Crippen LogP contribution in [0.3, 0.4) is 0 Å². The zero-order chi connectivity index (χ0) is 22.6.